The van der Waals surface area contributed by atoms with Gasteiger partial charge in [0, 0.05) is 37.0 Å². The first-order valence-electron chi connectivity index (χ1n) is 14.1. The fourth-order valence-electron chi connectivity index (χ4n) is 6.46. The normalized spacial score (nSPS) is 24.7. The maximum atomic E-state index is 13.9. The number of amides is 1. The third-order valence-electron chi connectivity index (χ3n) is 8.94. The summed E-state index contributed by atoms with van der Waals surface area (Å²) in [4.78, 5) is 20.6. The zero-order valence-corrected chi connectivity index (χ0v) is 25.5. The van der Waals surface area contributed by atoms with Crippen molar-refractivity contribution in [3.05, 3.63) is 22.4 Å². The Bertz CT molecular complexity index is 1360. The van der Waals surface area contributed by atoms with Crippen molar-refractivity contribution in [1.29, 1.82) is 5.26 Å². The number of rotatable bonds is 8. The minimum absolute atomic E-state index is 0.0226. The van der Waals surface area contributed by atoms with Gasteiger partial charge in [-0.3, -0.25) is 4.79 Å². The third kappa shape index (κ3) is 5.30. The molecule has 0 aromatic carbocycles. The number of nitrogens with zero attached hydrogens (tertiary/aromatic N) is 4. The van der Waals surface area contributed by atoms with Crippen LogP contribution in [0.2, 0.25) is 15.5 Å². The van der Waals surface area contributed by atoms with E-state index in [0.717, 1.165) is 18.4 Å². The number of anilines is 1. The molecule has 7 nitrogen and oxygen atoms in total. The molecule has 2 fully saturated rings. The molecule has 1 amide bonds. The number of nitriles is 1. The molecule has 1 aromatic heterocycles. The number of pyridine rings is 1. The molecule has 1 unspecified atom stereocenters. The SMILES string of the molecule is [B]C1([B])CN(c2nc(C3CC3)c3c(c2C#N)CC(C)(C)OC3)C([B])([B])C([B])(C([B])(C([B])([B])[B])C([B])([B])[B])N1C(=O)CCOC. The average Bonchev–Trinajstić information content (AvgIpc) is 3.71. The van der Waals surface area contributed by atoms with Gasteiger partial charge in [0.25, 0.3) is 0 Å². The number of fused-ring (bicyclic) bond motifs is 1. The number of hydrogen-bond acceptors (Lipinski definition) is 6. The van der Waals surface area contributed by atoms with Gasteiger partial charge in [0.15, 0.2) is 0 Å². The van der Waals surface area contributed by atoms with Gasteiger partial charge in [0.1, 0.15) is 19.7 Å². The van der Waals surface area contributed by atoms with Crippen LogP contribution < -0.4 is 4.90 Å². The van der Waals surface area contributed by atoms with E-state index in [4.69, 9.17) is 109 Å². The van der Waals surface area contributed by atoms with Crippen LogP contribution in [0.15, 0.2) is 0 Å². The summed E-state index contributed by atoms with van der Waals surface area (Å²) >= 11 is 0. The van der Waals surface area contributed by atoms with Gasteiger partial charge < -0.3 is 19.3 Å². The van der Waals surface area contributed by atoms with Crippen molar-refractivity contribution in [1.82, 2.24) is 9.88 Å². The summed E-state index contributed by atoms with van der Waals surface area (Å²) in [6.07, 6.45) is 1.75. The van der Waals surface area contributed by atoms with E-state index in [1.807, 2.05) is 13.8 Å². The van der Waals surface area contributed by atoms with Gasteiger partial charge >= 0.3 is 0 Å². The Balaban J connectivity index is 2.09. The van der Waals surface area contributed by atoms with Gasteiger partial charge in [0.05, 0.1) is 123 Å². The lowest BCUT2D eigenvalue weighted by molar-refractivity contribution is -0.141. The molecule has 0 spiro atoms. The third-order valence-corrected chi connectivity index (χ3v) is 8.94. The zero-order chi connectivity index (χ0) is 33.5. The van der Waals surface area contributed by atoms with Crippen molar-refractivity contribution in [2.75, 3.05) is 25.2 Å². The predicted octanol–water partition coefficient (Wildman–Crippen LogP) is -2.30. The molecule has 0 N–H and O–H groups in total. The predicted molar refractivity (Wildman–Crippen MR) is 180 cm³/mol. The Morgan fingerprint density at radius 2 is 1.61 bits per heavy atom. The lowest BCUT2D eigenvalue weighted by Crippen LogP contribution is -2.89. The van der Waals surface area contributed by atoms with E-state index in [0.29, 0.717) is 22.6 Å². The van der Waals surface area contributed by atoms with Crippen LogP contribution in [0.3, 0.4) is 0 Å². The number of carbonyl (C=O) groups is 1. The summed E-state index contributed by atoms with van der Waals surface area (Å²) in [6, 6.07) is 2.23. The van der Waals surface area contributed by atoms with E-state index in [1.54, 1.807) is 0 Å². The Labute approximate surface area is 277 Å². The second-order valence-corrected chi connectivity index (χ2v) is 13.1. The number of carbonyl (C=O) groups excluding carboxylic acids is 1. The summed E-state index contributed by atoms with van der Waals surface area (Å²) in [6.45, 7) is 3.43. The van der Waals surface area contributed by atoms with E-state index in [9.17, 15) is 10.1 Å². The molecule has 0 bridgehead atoms. The van der Waals surface area contributed by atoms with Gasteiger partial charge in [-0.2, -0.15) is 5.26 Å². The molecule has 1 saturated carbocycles. The van der Waals surface area contributed by atoms with E-state index >= 15 is 0 Å². The van der Waals surface area contributed by atoms with Crippen LogP contribution in [0.5, 0.6) is 0 Å². The first-order chi connectivity index (χ1) is 19.9. The van der Waals surface area contributed by atoms with Crippen LogP contribution in [-0.2, 0) is 27.3 Å². The smallest absolute Gasteiger partial charge is 0.223 e. The highest BCUT2D eigenvalue weighted by molar-refractivity contribution is 6.71. The summed E-state index contributed by atoms with van der Waals surface area (Å²) in [5.74, 6) is -0.780. The maximum absolute atomic E-state index is 13.9. The molecule has 1 saturated heterocycles. The van der Waals surface area contributed by atoms with Gasteiger partial charge in [-0.15, -0.1) is 10.2 Å². The number of hydrogen-bond donors (Lipinski definition) is 0. The molecular weight excluding hydrogens is 534 g/mol. The van der Waals surface area contributed by atoms with Crippen LogP contribution in [0.4, 0.5) is 5.82 Å². The van der Waals surface area contributed by atoms with Crippen molar-refractivity contribution in [3.63, 3.8) is 0 Å². The molecule has 44 heavy (non-hydrogen) atoms. The van der Waals surface area contributed by atoms with Gasteiger partial charge in [-0.05, 0) is 42.9 Å². The van der Waals surface area contributed by atoms with Crippen LogP contribution in [0, 0.1) is 11.3 Å². The van der Waals surface area contributed by atoms with E-state index < -0.39 is 49.7 Å². The van der Waals surface area contributed by atoms with Crippen molar-refractivity contribution >= 4 is 106 Å². The number of aromatic nitrogens is 1. The number of piperazine rings is 1. The largest absolute Gasteiger partial charge is 0.384 e. The Hall–Kier alpha value is -1.39. The topological polar surface area (TPSA) is 78.7 Å². The first-order valence-corrected chi connectivity index (χ1v) is 14.1. The van der Waals surface area contributed by atoms with E-state index in [1.165, 1.54) is 12.0 Å². The standard InChI is InChI=1S/C25H24B12N4O3/c1-19(2)8-13-14(9-38)18(39-17(12-4-5-12)15(13)10-44-19)40-11-20(26,27)41(16(42)6-7-43-3)22(29,25(40,36)37)21(28,23(30,31)32)24(33,34)35/h12H,4-8,10-11H2,1-3H3. The van der Waals surface area contributed by atoms with Gasteiger partial charge in [0.2, 0.25) is 5.91 Å². The minimum Gasteiger partial charge on any atom is -0.384 e. The maximum Gasteiger partial charge on any atom is 0.223 e. The van der Waals surface area contributed by atoms with Crippen molar-refractivity contribution < 1.29 is 14.3 Å². The lowest BCUT2D eigenvalue weighted by Gasteiger charge is -2.79. The molecule has 2 aliphatic heterocycles. The fourth-order valence-corrected chi connectivity index (χ4v) is 6.46. The molecule has 24 radical (unpaired) electrons. The highest BCUT2D eigenvalue weighted by Gasteiger charge is 2.68. The molecule has 1 aliphatic carbocycles. The van der Waals surface area contributed by atoms with Gasteiger partial charge in [-0.1, -0.05) is 5.31 Å². The zero-order valence-electron chi connectivity index (χ0n) is 25.5. The monoisotopic (exact) mass is 560 g/mol. The number of methoxy groups -OCH3 is 1. The molecule has 3 aliphatic rings. The van der Waals surface area contributed by atoms with Crippen LogP contribution in [-0.4, -0.2) is 152 Å². The number of ether oxygens (including phenoxy) is 2. The summed E-state index contributed by atoms with van der Waals surface area (Å²) in [7, 11) is 79.5. The molecular formula is C25H24B12N4O3. The second-order valence-electron chi connectivity index (χ2n) is 13.1. The molecule has 4 rings (SSSR count). The Morgan fingerprint density at radius 1 is 1.05 bits per heavy atom. The molecule has 1 atom stereocenters. The van der Waals surface area contributed by atoms with E-state index in [2.05, 4.69) is 6.07 Å². The summed E-state index contributed by atoms with van der Waals surface area (Å²) in [5.41, 5.74) is -1.19. The van der Waals surface area contributed by atoms with Crippen molar-refractivity contribution in [2.45, 2.75) is 89.3 Å². The summed E-state index contributed by atoms with van der Waals surface area (Å²) < 4.78 is 11.1. The van der Waals surface area contributed by atoms with Crippen LogP contribution in [0.1, 0.15) is 61.4 Å². The van der Waals surface area contributed by atoms with Crippen molar-refractivity contribution in [2.24, 2.45) is 0 Å². The highest BCUT2D eigenvalue weighted by atomic mass is 16.5. The molecule has 198 valence electrons. The first kappa shape index (κ1) is 35.5. The Kier molecular flexibility index (Phi) is 8.95. The van der Waals surface area contributed by atoms with Gasteiger partial charge in [-0.25, -0.2) is 4.98 Å². The molecule has 19 heteroatoms. The molecule has 3 heterocycles. The second kappa shape index (κ2) is 11.1. The lowest BCUT2D eigenvalue weighted by atomic mass is 9.08. The summed E-state index contributed by atoms with van der Waals surface area (Å²) in [5, 5.41) is -2.56. The van der Waals surface area contributed by atoms with Crippen LogP contribution in [0.25, 0.3) is 0 Å². The van der Waals surface area contributed by atoms with Crippen LogP contribution >= 0.6 is 0 Å². The molecule has 1 aromatic rings. The quantitative estimate of drug-likeness (QED) is 0.335. The minimum atomic E-state index is -2.87. The Morgan fingerprint density at radius 3 is 2.09 bits per heavy atom. The highest BCUT2D eigenvalue weighted by Crippen LogP contribution is 2.67. The van der Waals surface area contributed by atoms with Crippen molar-refractivity contribution in [3.8, 4) is 6.07 Å². The van der Waals surface area contributed by atoms with E-state index in [-0.39, 0.29) is 36.9 Å². The average molecular weight is 558 g/mol. The fraction of sp³-hybridized carbons (Fsp3) is 0.720.